The number of rotatable bonds is 4. The second-order valence-electron chi connectivity index (χ2n) is 5.87. The minimum absolute atomic E-state index is 0.236. The van der Waals surface area contributed by atoms with E-state index in [1.165, 1.54) is 11.8 Å². The summed E-state index contributed by atoms with van der Waals surface area (Å²) in [7, 11) is 0. The van der Waals surface area contributed by atoms with Crippen molar-refractivity contribution in [2.45, 2.75) is 13.8 Å². The van der Waals surface area contributed by atoms with Crippen LogP contribution in [0.25, 0.3) is 0 Å². The van der Waals surface area contributed by atoms with Gasteiger partial charge in [0.1, 0.15) is 0 Å². The van der Waals surface area contributed by atoms with Crippen LogP contribution in [0.5, 0.6) is 0 Å². The Bertz CT molecular complexity index is 907. The first-order valence-corrected chi connectivity index (χ1v) is 8.25. The van der Waals surface area contributed by atoms with Crippen LogP contribution in [-0.2, 0) is 0 Å². The van der Waals surface area contributed by atoms with Crippen LogP contribution in [0.1, 0.15) is 21.5 Å². The van der Waals surface area contributed by atoms with Gasteiger partial charge < -0.3 is 10.6 Å². The zero-order valence-corrected chi connectivity index (χ0v) is 14.8. The van der Waals surface area contributed by atoms with E-state index in [2.05, 4.69) is 15.6 Å². The SMILES string of the molecule is Cc1ccc(Nc2cncc(C(=O)Nc3ccc(C)c(Cl)c3)c2)cc1. The van der Waals surface area contributed by atoms with Gasteiger partial charge in [0.15, 0.2) is 0 Å². The summed E-state index contributed by atoms with van der Waals surface area (Å²) in [5.41, 5.74) is 4.96. The highest BCUT2D eigenvalue weighted by atomic mass is 35.5. The smallest absolute Gasteiger partial charge is 0.257 e. The minimum atomic E-state index is -0.236. The highest BCUT2D eigenvalue weighted by Crippen LogP contribution is 2.21. The molecule has 2 aromatic carbocycles. The fourth-order valence-corrected chi connectivity index (χ4v) is 2.49. The number of aromatic nitrogens is 1. The van der Waals surface area contributed by atoms with Crippen molar-refractivity contribution in [3.63, 3.8) is 0 Å². The number of nitrogens with one attached hydrogen (secondary N) is 2. The van der Waals surface area contributed by atoms with Crippen LogP contribution in [0.3, 0.4) is 0 Å². The summed E-state index contributed by atoms with van der Waals surface area (Å²) in [4.78, 5) is 16.6. The average molecular weight is 352 g/mol. The van der Waals surface area contributed by atoms with Crippen LogP contribution >= 0.6 is 11.6 Å². The lowest BCUT2D eigenvalue weighted by Crippen LogP contribution is -2.12. The fourth-order valence-electron chi connectivity index (χ4n) is 2.31. The predicted molar refractivity (Wildman–Crippen MR) is 103 cm³/mol. The molecule has 1 amide bonds. The molecule has 3 aromatic rings. The molecular formula is C20H18ClN3O. The molecular weight excluding hydrogens is 334 g/mol. The molecule has 0 unspecified atom stereocenters. The number of benzene rings is 2. The first-order valence-electron chi connectivity index (χ1n) is 7.87. The van der Waals surface area contributed by atoms with Crippen LogP contribution in [0.15, 0.2) is 60.9 Å². The van der Waals surface area contributed by atoms with Gasteiger partial charge in [-0.05, 0) is 49.7 Å². The van der Waals surface area contributed by atoms with E-state index in [-0.39, 0.29) is 5.91 Å². The maximum atomic E-state index is 12.4. The fraction of sp³-hybridized carbons (Fsp3) is 0.100. The number of hydrogen-bond acceptors (Lipinski definition) is 3. The number of carbonyl (C=O) groups is 1. The largest absolute Gasteiger partial charge is 0.354 e. The summed E-state index contributed by atoms with van der Waals surface area (Å²) in [6.45, 7) is 3.95. The summed E-state index contributed by atoms with van der Waals surface area (Å²) in [6.07, 6.45) is 3.21. The standard InChI is InChI=1S/C20H18ClN3O/c1-13-3-6-16(7-4-13)23-18-9-15(11-22-12-18)20(25)24-17-8-5-14(2)19(21)10-17/h3-12,23H,1-2H3,(H,24,25). The molecule has 0 saturated heterocycles. The van der Waals surface area contributed by atoms with Crippen molar-refractivity contribution in [3.8, 4) is 0 Å². The number of anilines is 3. The third-order valence-corrected chi connectivity index (χ3v) is 4.18. The molecule has 0 saturated carbocycles. The number of carbonyl (C=O) groups excluding carboxylic acids is 1. The van der Waals surface area contributed by atoms with Gasteiger partial charge in [-0.15, -0.1) is 0 Å². The molecule has 0 fully saturated rings. The molecule has 5 heteroatoms. The van der Waals surface area contributed by atoms with Crippen LogP contribution < -0.4 is 10.6 Å². The van der Waals surface area contributed by atoms with Crippen LogP contribution in [0, 0.1) is 13.8 Å². The molecule has 25 heavy (non-hydrogen) atoms. The van der Waals surface area contributed by atoms with Crippen molar-refractivity contribution >= 4 is 34.6 Å². The predicted octanol–water partition coefficient (Wildman–Crippen LogP) is 5.35. The summed E-state index contributed by atoms with van der Waals surface area (Å²) < 4.78 is 0. The molecule has 1 heterocycles. The first kappa shape index (κ1) is 17.0. The minimum Gasteiger partial charge on any atom is -0.354 e. The second kappa shape index (κ2) is 7.36. The Labute approximate surface area is 151 Å². The van der Waals surface area contributed by atoms with Crippen molar-refractivity contribution in [2.75, 3.05) is 10.6 Å². The Morgan fingerprint density at radius 3 is 2.36 bits per heavy atom. The first-order chi connectivity index (χ1) is 12.0. The molecule has 0 spiro atoms. The van der Waals surface area contributed by atoms with Gasteiger partial charge in [-0.2, -0.15) is 0 Å². The van der Waals surface area contributed by atoms with E-state index in [9.17, 15) is 4.79 Å². The Morgan fingerprint density at radius 2 is 1.64 bits per heavy atom. The third-order valence-electron chi connectivity index (χ3n) is 3.77. The number of amides is 1. The van der Waals surface area contributed by atoms with E-state index in [4.69, 9.17) is 11.6 Å². The molecule has 0 aliphatic carbocycles. The lowest BCUT2D eigenvalue weighted by Gasteiger charge is -2.09. The number of hydrogen-bond donors (Lipinski definition) is 2. The summed E-state index contributed by atoms with van der Waals surface area (Å²) >= 11 is 6.10. The Kier molecular flexibility index (Phi) is 5.00. The highest BCUT2D eigenvalue weighted by molar-refractivity contribution is 6.31. The van der Waals surface area contributed by atoms with E-state index >= 15 is 0 Å². The van der Waals surface area contributed by atoms with Gasteiger partial charge in [-0.1, -0.05) is 35.4 Å². The average Bonchev–Trinajstić information content (AvgIpc) is 2.60. The lowest BCUT2D eigenvalue weighted by atomic mass is 10.2. The maximum absolute atomic E-state index is 12.4. The van der Waals surface area contributed by atoms with E-state index in [1.807, 2.05) is 50.2 Å². The molecule has 4 nitrogen and oxygen atoms in total. The van der Waals surface area contributed by atoms with E-state index in [0.717, 1.165) is 16.9 Å². The summed E-state index contributed by atoms with van der Waals surface area (Å²) in [6, 6.07) is 15.2. The number of pyridine rings is 1. The van der Waals surface area contributed by atoms with Gasteiger partial charge in [0, 0.05) is 22.6 Å². The highest BCUT2D eigenvalue weighted by Gasteiger charge is 2.09. The molecule has 1 aromatic heterocycles. The Balaban J connectivity index is 1.74. The third kappa shape index (κ3) is 4.37. The van der Waals surface area contributed by atoms with Crippen LogP contribution in [-0.4, -0.2) is 10.9 Å². The van der Waals surface area contributed by atoms with Crippen molar-refractivity contribution in [1.82, 2.24) is 4.98 Å². The quantitative estimate of drug-likeness (QED) is 0.666. The van der Waals surface area contributed by atoms with Gasteiger partial charge in [0.05, 0.1) is 17.4 Å². The molecule has 0 bridgehead atoms. The molecule has 0 aliphatic rings. The number of aryl methyl sites for hydroxylation is 2. The van der Waals surface area contributed by atoms with Crippen molar-refractivity contribution in [1.29, 1.82) is 0 Å². The lowest BCUT2D eigenvalue weighted by molar-refractivity contribution is 0.102. The molecule has 2 N–H and O–H groups in total. The number of halogens is 1. The van der Waals surface area contributed by atoms with Crippen LogP contribution in [0.2, 0.25) is 5.02 Å². The van der Waals surface area contributed by atoms with Gasteiger partial charge >= 0.3 is 0 Å². The summed E-state index contributed by atoms with van der Waals surface area (Å²) in [5.74, 6) is -0.236. The molecule has 0 radical (unpaired) electrons. The van der Waals surface area contributed by atoms with Gasteiger partial charge in [-0.3, -0.25) is 9.78 Å². The Hall–Kier alpha value is -2.85. The zero-order chi connectivity index (χ0) is 17.8. The molecule has 3 rings (SSSR count). The van der Waals surface area contributed by atoms with E-state index in [1.54, 1.807) is 18.3 Å². The van der Waals surface area contributed by atoms with Crippen molar-refractivity contribution in [2.24, 2.45) is 0 Å². The summed E-state index contributed by atoms with van der Waals surface area (Å²) in [5, 5.41) is 6.69. The van der Waals surface area contributed by atoms with Crippen LogP contribution in [0.4, 0.5) is 17.1 Å². The maximum Gasteiger partial charge on any atom is 0.257 e. The molecule has 0 atom stereocenters. The van der Waals surface area contributed by atoms with Gasteiger partial charge in [-0.25, -0.2) is 0 Å². The zero-order valence-electron chi connectivity index (χ0n) is 14.0. The number of nitrogens with zero attached hydrogens (tertiary/aromatic N) is 1. The topological polar surface area (TPSA) is 54.0 Å². The van der Waals surface area contributed by atoms with Gasteiger partial charge in [0.2, 0.25) is 0 Å². The van der Waals surface area contributed by atoms with E-state index < -0.39 is 0 Å². The molecule has 126 valence electrons. The van der Waals surface area contributed by atoms with Crippen molar-refractivity contribution in [3.05, 3.63) is 82.6 Å². The second-order valence-corrected chi connectivity index (χ2v) is 6.28. The van der Waals surface area contributed by atoms with E-state index in [0.29, 0.717) is 16.3 Å². The van der Waals surface area contributed by atoms with Gasteiger partial charge in [0.25, 0.3) is 5.91 Å². The molecule has 0 aliphatic heterocycles. The monoisotopic (exact) mass is 351 g/mol. The van der Waals surface area contributed by atoms with Crippen molar-refractivity contribution < 1.29 is 4.79 Å². The Morgan fingerprint density at radius 1 is 0.920 bits per heavy atom. The normalized spacial score (nSPS) is 10.4.